The molecule has 0 aliphatic heterocycles. The zero-order chi connectivity index (χ0) is 16.6. The van der Waals surface area contributed by atoms with E-state index >= 15 is 0 Å². The minimum Gasteiger partial charge on any atom is -0.345 e. The van der Waals surface area contributed by atoms with Gasteiger partial charge in [-0.15, -0.1) is 10.2 Å². The number of benzene rings is 1. The van der Waals surface area contributed by atoms with Crippen molar-refractivity contribution in [1.82, 2.24) is 14.8 Å². The van der Waals surface area contributed by atoms with Gasteiger partial charge in [-0.25, -0.2) is 0 Å². The van der Waals surface area contributed by atoms with E-state index in [1.807, 2.05) is 31.4 Å². The number of fused-ring (bicyclic) bond motifs is 1. The van der Waals surface area contributed by atoms with Gasteiger partial charge in [-0.1, -0.05) is 11.3 Å². The van der Waals surface area contributed by atoms with Gasteiger partial charge in [0.25, 0.3) is 5.91 Å². The van der Waals surface area contributed by atoms with Crippen LogP contribution in [0.1, 0.15) is 28.0 Å². The molecule has 1 N–H and O–H groups in total. The highest BCUT2D eigenvalue weighted by Crippen LogP contribution is 2.18. The second kappa shape index (κ2) is 5.92. The predicted octanol–water partition coefficient (Wildman–Crippen LogP) is 2.74. The van der Waals surface area contributed by atoms with E-state index in [0.717, 1.165) is 22.8 Å². The summed E-state index contributed by atoms with van der Waals surface area (Å²) in [6.07, 6.45) is 0. The van der Waals surface area contributed by atoms with Crippen LogP contribution in [0.15, 0.2) is 29.1 Å². The van der Waals surface area contributed by atoms with Gasteiger partial charge in [0, 0.05) is 29.3 Å². The Kier molecular flexibility index (Phi) is 3.96. The lowest BCUT2D eigenvalue weighted by molar-refractivity contribution is 0.102. The smallest absolute Gasteiger partial charge is 0.257 e. The van der Waals surface area contributed by atoms with Gasteiger partial charge in [0.15, 0.2) is 5.43 Å². The van der Waals surface area contributed by atoms with Crippen molar-refractivity contribution in [3.63, 3.8) is 0 Å². The molecular weight excluding hydrogens is 312 g/mol. The first-order valence-corrected chi connectivity index (χ1v) is 8.07. The number of aromatic nitrogens is 3. The minimum atomic E-state index is -0.300. The van der Waals surface area contributed by atoms with Gasteiger partial charge in [0.2, 0.25) is 5.13 Å². The Morgan fingerprint density at radius 3 is 2.70 bits per heavy atom. The average molecular weight is 328 g/mol. The number of anilines is 1. The molecule has 0 fully saturated rings. The Morgan fingerprint density at radius 1 is 1.26 bits per heavy atom. The molecule has 1 amide bonds. The van der Waals surface area contributed by atoms with Crippen LogP contribution in [0.25, 0.3) is 10.9 Å². The molecule has 2 aromatic heterocycles. The number of carbonyl (C=O) groups excluding carboxylic acids is 1. The van der Waals surface area contributed by atoms with Crippen molar-refractivity contribution in [3.8, 4) is 0 Å². The number of aryl methyl sites for hydroxylation is 3. The van der Waals surface area contributed by atoms with Crippen molar-refractivity contribution in [2.45, 2.75) is 27.3 Å². The molecule has 0 saturated carbocycles. The van der Waals surface area contributed by atoms with Crippen molar-refractivity contribution in [2.24, 2.45) is 0 Å². The molecule has 1 aromatic carbocycles. The molecule has 0 aliphatic rings. The number of amides is 1. The molecule has 0 aliphatic carbocycles. The topological polar surface area (TPSA) is 76.9 Å². The molecule has 7 heteroatoms. The molecular formula is C16H16N4O2S. The van der Waals surface area contributed by atoms with Crippen LogP contribution in [0.3, 0.4) is 0 Å². The minimum absolute atomic E-state index is 0.0800. The molecule has 2 heterocycles. The summed E-state index contributed by atoms with van der Waals surface area (Å²) in [6, 6.07) is 6.76. The van der Waals surface area contributed by atoms with Crippen molar-refractivity contribution >= 4 is 33.3 Å². The van der Waals surface area contributed by atoms with Crippen LogP contribution in [0.5, 0.6) is 0 Å². The van der Waals surface area contributed by atoms with Gasteiger partial charge < -0.3 is 4.57 Å². The lowest BCUT2D eigenvalue weighted by atomic mass is 10.1. The first-order valence-electron chi connectivity index (χ1n) is 7.25. The van der Waals surface area contributed by atoms with Crippen LogP contribution in [0, 0.1) is 13.8 Å². The van der Waals surface area contributed by atoms with Crippen molar-refractivity contribution in [1.29, 1.82) is 0 Å². The molecule has 0 unspecified atom stereocenters. The normalized spacial score (nSPS) is 10.9. The number of pyridine rings is 1. The number of rotatable bonds is 3. The van der Waals surface area contributed by atoms with Crippen LogP contribution < -0.4 is 10.7 Å². The van der Waals surface area contributed by atoms with Gasteiger partial charge in [-0.05, 0) is 39.0 Å². The quantitative estimate of drug-likeness (QED) is 0.802. The van der Waals surface area contributed by atoms with Crippen molar-refractivity contribution < 1.29 is 4.79 Å². The fraction of sp³-hybridized carbons (Fsp3) is 0.250. The maximum Gasteiger partial charge on any atom is 0.257 e. The second-order valence-electron chi connectivity index (χ2n) is 5.21. The molecule has 0 atom stereocenters. The van der Waals surface area contributed by atoms with Gasteiger partial charge >= 0.3 is 0 Å². The third-order valence-corrected chi connectivity index (χ3v) is 4.40. The Bertz CT molecular complexity index is 958. The Morgan fingerprint density at radius 2 is 2.04 bits per heavy atom. The number of nitrogens with one attached hydrogen (secondary N) is 1. The highest BCUT2D eigenvalue weighted by Gasteiger charge is 2.12. The molecule has 0 saturated heterocycles. The number of nitrogens with zero attached hydrogens (tertiary/aromatic N) is 3. The summed E-state index contributed by atoms with van der Waals surface area (Å²) in [5.41, 5.74) is 2.09. The standard InChI is InChI=1S/C16H16N4O2S/c1-4-20-9(2)7-14(21)12-8-11(5-6-13(12)20)15(22)17-16-19-18-10(3)23-16/h5-8H,4H2,1-3H3,(H,17,19,22). The fourth-order valence-electron chi connectivity index (χ4n) is 2.58. The molecule has 0 radical (unpaired) electrons. The van der Waals surface area contributed by atoms with E-state index in [9.17, 15) is 9.59 Å². The lowest BCUT2D eigenvalue weighted by Crippen LogP contribution is -2.15. The van der Waals surface area contributed by atoms with E-state index in [1.165, 1.54) is 11.3 Å². The number of carbonyl (C=O) groups is 1. The first kappa shape index (κ1) is 15.4. The highest BCUT2D eigenvalue weighted by atomic mass is 32.1. The maximum absolute atomic E-state index is 12.3. The van der Waals surface area contributed by atoms with Crippen molar-refractivity contribution in [3.05, 3.63) is 50.8 Å². The van der Waals surface area contributed by atoms with Gasteiger partial charge in [-0.2, -0.15) is 0 Å². The summed E-state index contributed by atoms with van der Waals surface area (Å²) >= 11 is 1.31. The van der Waals surface area contributed by atoms with E-state index in [-0.39, 0.29) is 11.3 Å². The summed E-state index contributed by atoms with van der Waals surface area (Å²) in [7, 11) is 0. The Hall–Kier alpha value is -2.54. The fourth-order valence-corrected chi connectivity index (χ4v) is 3.17. The molecule has 23 heavy (non-hydrogen) atoms. The summed E-state index contributed by atoms with van der Waals surface area (Å²) in [5, 5.41) is 12.2. The van der Waals surface area contributed by atoms with E-state index in [4.69, 9.17) is 0 Å². The largest absolute Gasteiger partial charge is 0.345 e. The number of hydrogen-bond acceptors (Lipinski definition) is 5. The summed E-state index contributed by atoms with van der Waals surface area (Å²) in [5.74, 6) is -0.300. The monoisotopic (exact) mass is 328 g/mol. The third-order valence-electron chi connectivity index (χ3n) is 3.64. The van der Waals surface area contributed by atoms with Crippen molar-refractivity contribution in [2.75, 3.05) is 5.32 Å². The van der Waals surface area contributed by atoms with Crippen LogP contribution in [-0.2, 0) is 6.54 Å². The summed E-state index contributed by atoms with van der Waals surface area (Å²) < 4.78 is 2.05. The molecule has 3 rings (SSSR count). The van der Waals surface area contributed by atoms with Crippen LogP contribution >= 0.6 is 11.3 Å². The van der Waals surface area contributed by atoms with Gasteiger partial charge in [0.1, 0.15) is 5.01 Å². The average Bonchev–Trinajstić information content (AvgIpc) is 2.92. The Labute approximate surface area is 136 Å². The molecule has 0 bridgehead atoms. The SMILES string of the molecule is CCn1c(C)cc(=O)c2cc(C(=O)Nc3nnc(C)s3)ccc21. The second-order valence-corrected chi connectivity index (χ2v) is 6.39. The predicted molar refractivity (Wildman–Crippen MR) is 91.2 cm³/mol. The molecule has 6 nitrogen and oxygen atoms in total. The lowest BCUT2D eigenvalue weighted by Gasteiger charge is -2.12. The molecule has 3 aromatic rings. The maximum atomic E-state index is 12.3. The van der Waals surface area contributed by atoms with Gasteiger partial charge in [0.05, 0.1) is 5.52 Å². The zero-order valence-corrected chi connectivity index (χ0v) is 13.9. The zero-order valence-electron chi connectivity index (χ0n) is 13.1. The summed E-state index contributed by atoms with van der Waals surface area (Å²) in [4.78, 5) is 24.6. The van der Waals surface area contributed by atoms with Crippen LogP contribution in [-0.4, -0.2) is 20.7 Å². The number of hydrogen-bond donors (Lipinski definition) is 1. The van der Waals surface area contributed by atoms with Crippen LogP contribution in [0.4, 0.5) is 5.13 Å². The van der Waals surface area contributed by atoms with Gasteiger partial charge in [-0.3, -0.25) is 14.9 Å². The Balaban J connectivity index is 2.03. The van der Waals surface area contributed by atoms with E-state index in [0.29, 0.717) is 16.1 Å². The van der Waals surface area contributed by atoms with E-state index < -0.39 is 0 Å². The first-order chi connectivity index (χ1) is 11.0. The van der Waals surface area contributed by atoms with Crippen LogP contribution in [0.2, 0.25) is 0 Å². The third kappa shape index (κ3) is 2.87. The molecule has 118 valence electrons. The summed E-state index contributed by atoms with van der Waals surface area (Å²) in [6.45, 7) is 6.51. The van der Waals surface area contributed by atoms with E-state index in [2.05, 4.69) is 15.5 Å². The highest BCUT2D eigenvalue weighted by molar-refractivity contribution is 7.15. The van der Waals surface area contributed by atoms with E-state index in [1.54, 1.807) is 18.2 Å². The molecule has 0 spiro atoms.